The highest BCUT2D eigenvalue weighted by Gasteiger charge is 2.32. The van der Waals surface area contributed by atoms with E-state index in [0.717, 1.165) is 29.8 Å². The summed E-state index contributed by atoms with van der Waals surface area (Å²) < 4.78 is 73.5. The van der Waals surface area contributed by atoms with Crippen molar-refractivity contribution < 1.29 is 35.9 Å². The fraction of sp³-hybridized carbons (Fsp3) is 0.375. The Kier molecular flexibility index (Phi) is 8.97. The normalized spacial score (nSPS) is 15.8. The standard InChI is InChI=1S/C24H26F3N3O5S/c1-17(2)33-16-23(19-5-3-4-18(14-19)15-28)35-29-20-10-12-30(13-11-20)36(31,32)22-8-6-21(7-9-22)34-24(25,26)27/h3-10,14,17,23,29H,11-13,16H2,1-2H3. The van der Waals surface area contributed by atoms with Crippen molar-refractivity contribution in [2.45, 2.75) is 43.7 Å². The van der Waals surface area contributed by atoms with E-state index in [-0.39, 0.29) is 30.7 Å². The molecule has 194 valence electrons. The zero-order valence-corrected chi connectivity index (χ0v) is 20.5. The van der Waals surface area contributed by atoms with Gasteiger partial charge in [-0.3, -0.25) is 10.3 Å². The summed E-state index contributed by atoms with van der Waals surface area (Å²) in [5.41, 5.74) is 4.78. The van der Waals surface area contributed by atoms with Crippen LogP contribution in [0.2, 0.25) is 0 Å². The molecule has 0 spiro atoms. The van der Waals surface area contributed by atoms with Gasteiger partial charge in [-0.25, -0.2) is 8.42 Å². The topological polar surface area (TPSA) is 101 Å². The second-order valence-corrected chi connectivity index (χ2v) is 10.1. The molecule has 0 saturated heterocycles. The molecule has 0 bridgehead atoms. The molecular formula is C24H26F3N3O5S. The number of benzene rings is 2. The Morgan fingerprint density at radius 3 is 2.47 bits per heavy atom. The molecule has 0 saturated carbocycles. The summed E-state index contributed by atoms with van der Waals surface area (Å²) in [5.74, 6) is -0.500. The first-order chi connectivity index (χ1) is 17.0. The number of nitrogens with one attached hydrogen (secondary N) is 1. The lowest BCUT2D eigenvalue weighted by Crippen LogP contribution is -2.37. The third-order valence-electron chi connectivity index (χ3n) is 5.17. The SMILES string of the molecule is CC(C)OCC(ONC1=CCN(S(=O)(=O)c2ccc(OC(F)(F)F)cc2)CC1)c1cccc(C#N)c1. The highest BCUT2D eigenvalue weighted by molar-refractivity contribution is 7.89. The summed E-state index contributed by atoms with van der Waals surface area (Å²) in [6.45, 7) is 4.22. The van der Waals surface area contributed by atoms with E-state index in [1.54, 1.807) is 24.3 Å². The summed E-state index contributed by atoms with van der Waals surface area (Å²) in [7, 11) is -3.91. The average molecular weight is 526 g/mol. The van der Waals surface area contributed by atoms with Gasteiger partial charge < -0.3 is 9.47 Å². The molecular weight excluding hydrogens is 499 g/mol. The molecule has 0 fully saturated rings. The Labute approximate surface area is 207 Å². The Balaban J connectivity index is 1.63. The van der Waals surface area contributed by atoms with Crippen molar-refractivity contribution in [2.75, 3.05) is 19.7 Å². The molecule has 0 aromatic heterocycles. The van der Waals surface area contributed by atoms with E-state index in [1.165, 1.54) is 4.31 Å². The molecule has 36 heavy (non-hydrogen) atoms. The number of hydrogen-bond donors (Lipinski definition) is 1. The van der Waals surface area contributed by atoms with Crippen LogP contribution >= 0.6 is 0 Å². The van der Waals surface area contributed by atoms with Crippen LogP contribution in [0.1, 0.15) is 37.5 Å². The van der Waals surface area contributed by atoms with Crippen molar-refractivity contribution in [1.29, 1.82) is 5.26 Å². The molecule has 0 radical (unpaired) electrons. The number of ether oxygens (including phenoxy) is 2. The minimum atomic E-state index is -4.86. The maximum absolute atomic E-state index is 12.9. The number of rotatable bonds is 10. The number of hydroxylamine groups is 1. The fourth-order valence-corrected chi connectivity index (χ4v) is 4.74. The molecule has 1 aliphatic heterocycles. The molecule has 8 nitrogen and oxygen atoms in total. The summed E-state index contributed by atoms with van der Waals surface area (Å²) in [4.78, 5) is 5.71. The quantitative estimate of drug-likeness (QED) is 0.458. The maximum Gasteiger partial charge on any atom is 0.573 e. The second kappa shape index (κ2) is 11.7. The van der Waals surface area contributed by atoms with Gasteiger partial charge in [0, 0.05) is 25.2 Å². The van der Waals surface area contributed by atoms with Crippen LogP contribution in [0, 0.1) is 11.3 Å². The van der Waals surface area contributed by atoms with E-state index >= 15 is 0 Å². The number of nitrogens with zero attached hydrogens (tertiary/aromatic N) is 2. The minimum absolute atomic E-state index is 0.0306. The van der Waals surface area contributed by atoms with Crippen LogP contribution in [0.3, 0.4) is 0 Å². The smallest absolute Gasteiger partial charge is 0.406 e. The molecule has 2 aromatic rings. The molecule has 3 rings (SSSR count). The minimum Gasteiger partial charge on any atom is -0.406 e. The molecule has 12 heteroatoms. The Morgan fingerprint density at radius 1 is 1.17 bits per heavy atom. The first-order valence-corrected chi connectivity index (χ1v) is 12.5. The molecule has 1 aliphatic rings. The van der Waals surface area contributed by atoms with Gasteiger partial charge in [-0.15, -0.1) is 13.2 Å². The van der Waals surface area contributed by atoms with Crippen molar-refractivity contribution in [3.05, 3.63) is 71.4 Å². The van der Waals surface area contributed by atoms with E-state index in [1.807, 2.05) is 19.9 Å². The predicted octanol–water partition coefficient (Wildman–Crippen LogP) is 4.42. The largest absolute Gasteiger partial charge is 0.573 e. The number of alkyl halides is 3. The second-order valence-electron chi connectivity index (χ2n) is 8.19. The van der Waals surface area contributed by atoms with Crippen molar-refractivity contribution >= 4 is 10.0 Å². The van der Waals surface area contributed by atoms with Gasteiger partial charge in [0.25, 0.3) is 0 Å². The van der Waals surface area contributed by atoms with Gasteiger partial charge in [0.2, 0.25) is 10.0 Å². The Hall–Kier alpha value is -3.11. The molecule has 1 heterocycles. The zero-order chi connectivity index (χ0) is 26.3. The van der Waals surface area contributed by atoms with Crippen LogP contribution in [0.4, 0.5) is 13.2 Å². The number of nitriles is 1. The van der Waals surface area contributed by atoms with Crippen LogP contribution in [-0.2, 0) is 19.6 Å². The van der Waals surface area contributed by atoms with Crippen LogP contribution in [0.15, 0.2) is 65.2 Å². The van der Waals surface area contributed by atoms with Crippen molar-refractivity contribution in [3.63, 3.8) is 0 Å². The van der Waals surface area contributed by atoms with Gasteiger partial charge in [0.05, 0.1) is 29.2 Å². The fourth-order valence-electron chi connectivity index (χ4n) is 3.36. The molecule has 1 unspecified atom stereocenters. The molecule has 1 atom stereocenters. The summed E-state index contributed by atoms with van der Waals surface area (Å²) in [6.07, 6.45) is -3.42. The van der Waals surface area contributed by atoms with E-state index < -0.39 is 28.2 Å². The Bertz CT molecular complexity index is 1210. The number of halogens is 3. The van der Waals surface area contributed by atoms with Gasteiger partial charge in [-0.1, -0.05) is 12.1 Å². The number of hydrogen-bond acceptors (Lipinski definition) is 7. The molecule has 0 aliphatic carbocycles. The van der Waals surface area contributed by atoms with E-state index in [9.17, 15) is 26.9 Å². The van der Waals surface area contributed by atoms with Crippen LogP contribution in [0.25, 0.3) is 0 Å². The predicted molar refractivity (Wildman–Crippen MR) is 124 cm³/mol. The summed E-state index contributed by atoms with van der Waals surface area (Å²) in [5, 5.41) is 9.18. The van der Waals surface area contributed by atoms with E-state index in [0.29, 0.717) is 17.7 Å². The number of sulfonamides is 1. The Morgan fingerprint density at radius 2 is 1.89 bits per heavy atom. The lowest BCUT2D eigenvalue weighted by atomic mass is 10.1. The third-order valence-corrected chi connectivity index (χ3v) is 7.05. The summed E-state index contributed by atoms with van der Waals surface area (Å²) in [6, 6.07) is 13.1. The van der Waals surface area contributed by atoms with Crippen LogP contribution in [0.5, 0.6) is 5.75 Å². The van der Waals surface area contributed by atoms with Gasteiger partial charge in [0.1, 0.15) is 11.9 Å². The van der Waals surface area contributed by atoms with Crippen LogP contribution < -0.4 is 10.2 Å². The highest BCUT2D eigenvalue weighted by atomic mass is 32.2. The lowest BCUT2D eigenvalue weighted by molar-refractivity contribution is -0.274. The van der Waals surface area contributed by atoms with E-state index in [4.69, 9.17) is 9.57 Å². The van der Waals surface area contributed by atoms with Gasteiger partial charge in [-0.05, 0) is 61.9 Å². The van der Waals surface area contributed by atoms with Gasteiger partial charge in [0.15, 0.2) is 0 Å². The zero-order valence-electron chi connectivity index (χ0n) is 19.7. The van der Waals surface area contributed by atoms with E-state index in [2.05, 4.69) is 16.3 Å². The summed E-state index contributed by atoms with van der Waals surface area (Å²) >= 11 is 0. The van der Waals surface area contributed by atoms with Crippen molar-refractivity contribution in [2.24, 2.45) is 0 Å². The van der Waals surface area contributed by atoms with Crippen LogP contribution in [-0.4, -0.2) is 44.9 Å². The maximum atomic E-state index is 12.9. The first kappa shape index (κ1) is 27.5. The van der Waals surface area contributed by atoms with Gasteiger partial charge in [-0.2, -0.15) is 9.57 Å². The molecule has 0 amide bonds. The van der Waals surface area contributed by atoms with Gasteiger partial charge >= 0.3 is 6.36 Å². The average Bonchev–Trinajstić information content (AvgIpc) is 2.83. The lowest BCUT2D eigenvalue weighted by Gasteiger charge is -2.27. The molecule has 2 aromatic carbocycles. The van der Waals surface area contributed by atoms with Crippen molar-refractivity contribution in [1.82, 2.24) is 9.79 Å². The molecule has 1 N–H and O–H groups in total. The van der Waals surface area contributed by atoms with Crippen molar-refractivity contribution in [3.8, 4) is 11.8 Å². The first-order valence-electron chi connectivity index (χ1n) is 11.1. The third kappa shape index (κ3) is 7.69. The monoisotopic (exact) mass is 525 g/mol. The highest BCUT2D eigenvalue weighted by Crippen LogP contribution is 2.26.